The largest absolute Gasteiger partial charge is 0.508 e. The number of piperidine rings is 1. The fourth-order valence-electron chi connectivity index (χ4n) is 2.55. The van der Waals surface area contributed by atoms with Crippen molar-refractivity contribution < 1.29 is 19.0 Å². The topological polar surface area (TPSA) is 61.8 Å². The SMILES string of the molecule is COCC(=O)N1CCC(NCc2cc(O)cc(F)c2)CC1. The normalized spacial score (nSPS) is 16.2. The summed E-state index contributed by atoms with van der Waals surface area (Å²) in [4.78, 5) is 13.5. The van der Waals surface area contributed by atoms with Crippen molar-refractivity contribution in [2.24, 2.45) is 0 Å². The highest BCUT2D eigenvalue weighted by Crippen LogP contribution is 2.16. The standard InChI is InChI=1S/C15H21FN2O3/c1-21-10-15(20)18-4-2-13(3-5-18)17-9-11-6-12(16)8-14(19)7-11/h6-8,13,17,19H,2-5,9-10H2,1H3. The van der Waals surface area contributed by atoms with Gasteiger partial charge in [-0.25, -0.2) is 4.39 Å². The van der Waals surface area contributed by atoms with Gasteiger partial charge in [-0.05, 0) is 30.5 Å². The smallest absolute Gasteiger partial charge is 0.248 e. The van der Waals surface area contributed by atoms with Crippen molar-refractivity contribution in [3.8, 4) is 5.75 Å². The molecule has 0 saturated carbocycles. The second-order valence-electron chi connectivity index (χ2n) is 5.29. The predicted octanol–water partition coefficient (Wildman–Crippen LogP) is 1.26. The molecule has 1 heterocycles. The number of rotatable bonds is 5. The van der Waals surface area contributed by atoms with Crippen LogP contribution in [0.5, 0.6) is 5.75 Å². The van der Waals surface area contributed by atoms with Crippen LogP contribution in [0.25, 0.3) is 0 Å². The lowest BCUT2D eigenvalue weighted by atomic mass is 10.0. The Morgan fingerprint density at radius 3 is 2.76 bits per heavy atom. The van der Waals surface area contributed by atoms with Crippen LogP contribution in [0.4, 0.5) is 4.39 Å². The van der Waals surface area contributed by atoms with Crippen molar-refractivity contribution >= 4 is 5.91 Å². The van der Waals surface area contributed by atoms with E-state index in [1.54, 1.807) is 11.0 Å². The Labute approximate surface area is 123 Å². The van der Waals surface area contributed by atoms with Gasteiger partial charge in [0.1, 0.15) is 18.2 Å². The summed E-state index contributed by atoms with van der Waals surface area (Å²) in [5.41, 5.74) is 0.713. The van der Waals surface area contributed by atoms with E-state index in [4.69, 9.17) is 4.74 Å². The number of hydrogen-bond donors (Lipinski definition) is 2. The Hall–Kier alpha value is -1.66. The van der Waals surface area contributed by atoms with Crippen molar-refractivity contribution in [3.63, 3.8) is 0 Å². The number of nitrogens with zero attached hydrogens (tertiary/aromatic N) is 1. The Bertz CT molecular complexity index is 468. The molecular formula is C15H21FN2O3. The maximum absolute atomic E-state index is 13.2. The molecule has 1 saturated heterocycles. The molecule has 0 aromatic heterocycles. The lowest BCUT2D eigenvalue weighted by Crippen LogP contribution is -2.45. The van der Waals surface area contributed by atoms with Crippen molar-refractivity contribution in [2.75, 3.05) is 26.8 Å². The molecule has 0 bridgehead atoms. The van der Waals surface area contributed by atoms with E-state index in [2.05, 4.69) is 5.32 Å². The molecule has 21 heavy (non-hydrogen) atoms. The van der Waals surface area contributed by atoms with E-state index < -0.39 is 5.82 Å². The van der Waals surface area contributed by atoms with Gasteiger partial charge in [0.05, 0.1) is 0 Å². The number of phenolic OH excluding ortho intramolecular Hbond substituents is 1. The van der Waals surface area contributed by atoms with E-state index in [1.807, 2.05) is 0 Å². The predicted molar refractivity (Wildman–Crippen MR) is 76.4 cm³/mol. The van der Waals surface area contributed by atoms with Gasteiger partial charge in [-0.15, -0.1) is 0 Å². The molecule has 0 atom stereocenters. The summed E-state index contributed by atoms with van der Waals surface area (Å²) < 4.78 is 18.0. The Morgan fingerprint density at radius 2 is 2.14 bits per heavy atom. The van der Waals surface area contributed by atoms with Gasteiger partial charge < -0.3 is 20.1 Å². The summed E-state index contributed by atoms with van der Waals surface area (Å²) in [6.07, 6.45) is 1.72. The van der Waals surface area contributed by atoms with E-state index in [9.17, 15) is 14.3 Å². The molecule has 1 aliphatic rings. The summed E-state index contributed by atoms with van der Waals surface area (Å²) in [6, 6.07) is 4.34. The van der Waals surface area contributed by atoms with Gasteiger partial charge in [0.15, 0.2) is 0 Å². The van der Waals surface area contributed by atoms with Gasteiger partial charge in [0.2, 0.25) is 5.91 Å². The van der Waals surface area contributed by atoms with E-state index in [1.165, 1.54) is 13.2 Å². The van der Waals surface area contributed by atoms with Gasteiger partial charge in [-0.3, -0.25) is 4.79 Å². The minimum absolute atomic E-state index is 0.0194. The fourth-order valence-corrected chi connectivity index (χ4v) is 2.55. The van der Waals surface area contributed by atoms with Gasteiger partial charge >= 0.3 is 0 Å². The summed E-state index contributed by atoms with van der Waals surface area (Å²) >= 11 is 0. The number of amides is 1. The second-order valence-corrected chi connectivity index (χ2v) is 5.29. The van der Waals surface area contributed by atoms with Crippen LogP contribution < -0.4 is 5.32 Å². The third-order valence-electron chi connectivity index (χ3n) is 3.65. The van der Waals surface area contributed by atoms with Crippen LogP contribution in [-0.4, -0.2) is 48.8 Å². The van der Waals surface area contributed by atoms with Crippen LogP contribution in [0.3, 0.4) is 0 Å². The maximum Gasteiger partial charge on any atom is 0.248 e. The zero-order chi connectivity index (χ0) is 15.2. The molecule has 1 amide bonds. The number of carbonyl (C=O) groups excluding carboxylic acids is 1. The Kier molecular flexibility index (Phi) is 5.52. The number of halogens is 1. The zero-order valence-electron chi connectivity index (χ0n) is 12.1. The maximum atomic E-state index is 13.2. The van der Waals surface area contributed by atoms with Crippen LogP contribution in [0.1, 0.15) is 18.4 Å². The molecule has 2 rings (SSSR count). The number of nitrogens with one attached hydrogen (secondary N) is 1. The summed E-state index contributed by atoms with van der Waals surface area (Å²) in [5.74, 6) is -0.482. The molecule has 0 aliphatic carbocycles. The molecule has 2 N–H and O–H groups in total. The third-order valence-corrected chi connectivity index (χ3v) is 3.65. The minimum atomic E-state index is -0.438. The van der Waals surface area contributed by atoms with Crippen molar-refractivity contribution in [2.45, 2.75) is 25.4 Å². The Balaban J connectivity index is 1.77. The molecule has 0 spiro atoms. The number of aromatic hydroxyl groups is 1. The first-order valence-corrected chi connectivity index (χ1v) is 7.07. The number of likely N-dealkylation sites (tertiary alicyclic amines) is 1. The molecule has 1 aliphatic heterocycles. The number of ether oxygens (including phenoxy) is 1. The van der Waals surface area contributed by atoms with Gasteiger partial charge in [-0.2, -0.15) is 0 Å². The Morgan fingerprint density at radius 1 is 1.43 bits per heavy atom. The van der Waals surface area contributed by atoms with Gasteiger partial charge in [0.25, 0.3) is 0 Å². The average Bonchev–Trinajstić information content (AvgIpc) is 2.45. The van der Waals surface area contributed by atoms with Crippen LogP contribution in [0.15, 0.2) is 18.2 Å². The third kappa shape index (κ3) is 4.68. The molecular weight excluding hydrogens is 275 g/mol. The fraction of sp³-hybridized carbons (Fsp3) is 0.533. The molecule has 0 unspecified atom stereocenters. The van der Waals surface area contributed by atoms with Crippen LogP contribution in [-0.2, 0) is 16.1 Å². The van der Waals surface area contributed by atoms with Gasteiger partial charge in [-0.1, -0.05) is 0 Å². The lowest BCUT2D eigenvalue weighted by Gasteiger charge is -2.32. The summed E-state index contributed by atoms with van der Waals surface area (Å²) in [5, 5.41) is 12.7. The summed E-state index contributed by atoms with van der Waals surface area (Å²) in [6.45, 7) is 2.03. The second kappa shape index (κ2) is 7.38. The summed E-state index contributed by atoms with van der Waals surface area (Å²) in [7, 11) is 1.51. The highest BCUT2D eigenvalue weighted by molar-refractivity contribution is 5.77. The lowest BCUT2D eigenvalue weighted by molar-refractivity contribution is -0.136. The molecule has 0 radical (unpaired) electrons. The van der Waals surface area contributed by atoms with Crippen LogP contribution in [0, 0.1) is 5.82 Å². The van der Waals surface area contributed by atoms with E-state index in [-0.39, 0.29) is 18.3 Å². The highest BCUT2D eigenvalue weighted by Gasteiger charge is 2.22. The van der Waals surface area contributed by atoms with E-state index in [0.717, 1.165) is 18.9 Å². The number of hydrogen-bond acceptors (Lipinski definition) is 4. The molecule has 1 aromatic carbocycles. The first-order valence-electron chi connectivity index (χ1n) is 7.07. The van der Waals surface area contributed by atoms with Gasteiger partial charge in [0, 0.05) is 38.9 Å². The minimum Gasteiger partial charge on any atom is -0.508 e. The van der Waals surface area contributed by atoms with Crippen LogP contribution in [0.2, 0.25) is 0 Å². The first kappa shape index (κ1) is 15.7. The van der Waals surface area contributed by atoms with Crippen molar-refractivity contribution in [1.82, 2.24) is 10.2 Å². The number of carbonyl (C=O) groups is 1. The first-order chi connectivity index (χ1) is 10.1. The van der Waals surface area contributed by atoms with E-state index in [0.29, 0.717) is 31.2 Å². The highest BCUT2D eigenvalue weighted by atomic mass is 19.1. The van der Waals surface area contributed by atoms with Crippen LogP contribution >= 0.6 is 0 Å². The molecule has 1 aromatic rings. The van der Waals surface area contributed by atoms with Crippen molar-refractivity contribution in [3.05, 3.63) is 29.6 Å². The molecule has 6 heteroatoms. The number of phenols is 1. The molecule has 116 valence electrons. The zero-order valence-corrected chi connectivity index (χ0v) is 12.1. The van der Waals surface area contributed by atoms with E-state index >= 15 is 0 Å². The number of methoxy groups -OCH3 is 1. The molecule has 1 fully saturated rings. The number of benzene rings is 1. The molecule has 5 nitrogen and oxygen atoms in total. The quantitative estimate of drug-likeness (QED) is 0.859. The monoisotopic (exact) mass is 296 g/mol. The average molecular weight is 296 g/mol. The van der Waals surface area contributed by atoms with Crippen molar-refractivity contribution in [1.29, 1.82) is 0 Å².